The molecule has 1 aliphatic rings. The Morgan fingerprint density at radius 1 is 1.39 bits per heavy atom. The highest BCUT2D eigenvalue weighted by Gasteiger charge is 2.21. The van der Waals surface area contributed by atoms with E-state index in [0.29, 0.717) is 24.3 Å². The van der Waals surface area contributed by atoms with E-state index >= 15 is 0 Å². The van der Waals surface area contributed by atoms with E-state index in [1.807, 2.05) is 0 Å². The van der Waals surface area contributed by atoms with Crippen LogP contribution in [0, 0.1) is 5.92 Å². The summed E-state index contributed by atoms with van der Waals surface area (Å²) in [7, 11) is -2.82. The van der Waals surface area contributed by atoms with Crippen LogP contribution in [0.4, 0.5) is 0 Å². The molecule has 1 atom stereocenters. The second-order valence-corrected chi connectivity index (χ2v) is 8.08. The lowest BCUT2D eigenvalue weighted by Crippen LogP contribution is -2.42. The summed E-state index contributed by atoms with van der Waals surface area (Å²) in [5.41, 5.74) is 0. The lowest BCUT2D eigenvalue weighted by Gasteiger charge is -2.33. The number of nitrogens with one attached hydrogen (secondary N) is 1. The molecule has 0 spiro atoms. The molecule has 0 aromatic rings. The van der Waals surface area contributed by atoms with Crippen LogP contribution in [0.3, 0.4) is 0 Å². The molecule has 5 heteroatoms. The molecule has 0 aromatic carbocycles. The van der Waals surface area contributed by atoms with E-state index in [0.717, 1.165) is 19.6 Å². The van der Waals surface area contributed by atoms with Crippen molar-refractivity contribution in [3.8, 4) is 0 Å². The molecule has 18 heavy (non-hydrogen) atoms. The summed E-state index contributed by atoms with van der Waals surface area (Å²) in [5, 5.41) is 3.47. The monoisotopic (exact) mass is 276 g/mol. The summed E-state index contributed by atoms with van der Waals surface area (Å²) in [6, 6.07) is 0.529. The van der Waals surface area contributed by atoms with Crippen molar-refractivity contribution in [2.24, 2.45) is 5.92 Å². The van der Waals surface area contributed by atoms with E-state index in [4.69, 9.17) is 0 Å². The van der Waals surface area contributed by atoms with Crippen LogP contribution >= 0.6 is 0 Å². The Hall–Kier alpha value is -0.130. The zero-order valence-corrected chi connectivity index (χ0v) is 12.8. The van der Waals surface area contributed by atoms with Gasteiger partial charge >= 0.3 is 0 Å². The lowest BCUT2D eigenvalue weighted by molar-refractivity contribution is 0.179. The van der Waals surface area contributed by atoms with Gasteiger partial charge in [0.1, 0.15) is 0 Å². The first kappa shape index (κ1) is 15.9. The van der Waals surface area contributed by atoms with Crippen molar-refractivity contribution in [3.05, 3.63) is 0 Å². The molecule has 1 aliphatic heterocycles. The van der Waals surface area contributed by atoms with Gasteiger partial charge in [-0.2, -0.15) is 0 Å². The predicted octanol–water partition coefficient (Wildman–Crippen LogP) is 1.13. The van der Waals surface area contributed by atoms with Crippen LogP contribution in [0.5, 0.6) is 0 Å². The molecule has 0 saturated carbocycles. The summed E-state index contributed by atoms with van der Waals surface area (Å²) in [4.78, 5) is 2.31. The lowest BCUT2D eigenvalue weighted by atomic mass is 9.98. The van der Waals surface area contributed by atoms with E-state index in [9.17, 15) is 8.42 Å². The Kier molecular flexibility index (Phi) is 6.60. The highest BCUT2D eigenvalue weighted by atomic mass is 32.2. The largest absolute Gasteiger partial charge is 0.314 e. The van der Waals surface area contributed by atoms with Crippen molar-refractivity contribution in [1.29, 1.82) is 0 Å². The normalized spacial score (nSPS) is 22.6. The van der Waals surface area contributed by atoms with Gasteiger partial charge in [-0.25, -0.2) is 8.42 Å². The average Bonchev–Trinajstić information content (AvgIpc) is 2.35. The highest BCUT2D eigenvalue weighted by molar-refractivity contribution is 7.91. The van der Waals surface area contributed by atoms with Crippen LogP contribution in [0.2, 0.25) is 0 Å². The van der Waals surface area contributed by atoms with Gasteiger partial charge < -0.3 is 10.2 Å². The molecule has 1 saturated heterocycles. The number of rotatable bonds is 7. The van der Waals surface area contributed by atoms with Crippen LogP contribution in [0.1, 0.15) is 33.6 Å². The van der Waals surface area contributed by atoms with E-state index in [1.54, 1.807) is 6.92 Å². The third-order valence-corrected chi connectivity index (χ3v) is 5.26. The molecule has 4 nitrogen and oxygen atoms in total. The number of sulfone groups is 1. The fraction of sp³-hybridized carbons (Fsp3) is 1.00. The van der Waals surface area contributed by atoms with E-state index in [2.05, 4.69) is 24.1 Å². The molecule has 1 heterocycles. The van der Waals surface area contributed by atoms with Crippen molar-refractivity contribution in [2.45, 2.75) is 39.7 Å². The Bertz CT molecular complexity index is 328. The van der Waals surface area contributed by atoms with Gasteiger partial charge in [0.25, 0.3) is 0 Å². The molecule has 0 bridgehead atoms. The standard InChI is InChI=1S/C13H28N2O2S/c1-4-18(16,17)9-8-15-7-5-6-13(11-15)10-14-12(2)3/h12-14H,4-11H2,1-3H3. The van der Waals surface area contributed by atoms with Gasteiger partial charge in [-0.05, 0) is 31.8 Å². The maximum Gasteiger partial charge on any atom is 0.151 e. The van der Waals surface area contributed by atoms with Gasteiger partial charge in [0, 0.05) is 24.9 Å². The maximum atomic E-state index is 11.5. The maximum absolute atomic E-state index is 11.5. The van der Waals surface area contributed by atoms with Gasteiger partial charge in [-0.3, -0.25) is 0 Å². The first-order chi connectivity index (χ1) is 8.43. The van der Waals surface area contributed by atoms with Gasteiger partial charge in [-0.1, -0.05) is 20.8 Å². The number of likely N-dealkylation sites (tertiary alicyclic amines) is 1. The molecular formula is C13H28N2O2S. The quantitative estimate of drug-likeness (QED) is 0.757. The molecule has 1 N–H and O–H groups in total. The fourth-order valence-corrected chi connectivity index (χ4v) is 3.16. The third kappa shape index (κ3) is 6.16. The van der Waals surface area contributed by atoms with Crippen molar-refractivity contribution < 1.29 is 8.42 Å². The predicted molar refractivity (Wildman–Crippen MR) is 76.6 cm³/mol. The number of hydrogen-bond acceptors (Lipinski definition) is 4. The van der Waals surface area contributed by atoms with E-state index in [1.165, 1.54) is 12.8 Å². The minimum Gasteiger partial charge on any atom is -0.314 e. The molecular weight excluding hydrogens is 248 g/mol. The van der Waals surface area contributed by atoms with Crippen LogP contribution in [-0.4, -0.2) is 57.0 Å². The van der Waals surface area contributed by atoms with E-state index < -0.39 is 9.84 Å². The number of piperidine rings is 1. The SMILES string of the molecule is CCS(=O)(=O)CCN1CCCC(CNC(C)C)C1. The molecule has 108 valence electrons. The topological polar surface area (TPSA) is 49.4 Å². The molecule has 0 aromatic heterocycles. The summed E-state index contributed by atoms with van der Waals surface area (Å²) < 4.78 is 23.0. The summed E-state index contributed by atoms with van der Waals surface area (Å²) in [5.74, 6) is 1.25. The van der Waals surface area contributed by atoms with Crippen molar-refractivity contribution in [2.75, 3.05) is 37.7 Å². The van der Waals surface area contributed by atoms with Gasteiger partial charge in [0.2, 0.25) is 0 Å². The summed E-state index contributed by atoms with van der Waals surface area (Å²) in [6.45, 7) is 9.89. The van der Waals surface area contributed by atoms with Gasteiger partial charge in [0.15, 0.2) is 9.84 Å². The molecule has 0 amide bonds. The van der Waals surface area contributed by atoms with Gasteiger partial charge in [0.05, 0.1) is 5.75 Å². The Balaban J connectivity index is 2.30. The Labute approximate surface area is 112 Å². The van der Waals surface area contributed by atoms with Crippen molar-refractivity contribution >= 4 is 9.84 Å². The third-order valence-electron chi connectivity index (χ3n) is 3.58. The summed E-state index contributed by atoms with van der Waals surface area (Å²) >= 11 is 0. The Morgan fingerprint density at radius 3 is 2.72 bits per heavy atom. The zero-order valence-electron chi connectivity index (χ0n) is 12.0. The molecule has 1 rings (SSSR count). The molecule has 1 fully saturated rings. The van der Waals surface area contributed by atoms with E-state index in [-0.39, 0.29) is 5.75 Å². The molecule has 0 radical (unpaired) electrons. The minimum atomic E-state index is -2.82. The van der Waals surface area contributed by atoms with Crippen molar-refractivity contribution in [1.82, 2.24) is 10.2 Å². The fourth-order valence-electron chi connectivity index (χ4n) is 2.34. The smallest absolute Gasteiger partial charge is 0.151 e. The van der Waals surface area contributed by atoms with Crippen LogP contribution in [0.15, 0.2) is 0 Å². The highest BCUT2D eigenvalue weighted by Crippen LogP contribution is 2.15. The molecule has 1 unspecified atom stereocenters. The summed E-state index contributed by atoms with van der Waals surface area (Å²) in [6.07, 6.45) is 2.45. The second-order valence-electron chi connectivity index (χ2n) is 5.61. The van der Waals surface area contributed by atoms with Crippen LogP contribution in [0.25, 0.3) is 0 Å². The molecule has 0 aliphatic carbocycles. The first-order valence-electron chi connectivity index (χ1n) is 7.09. The average molecular weight is 276 g/mol. The number of nitrogens with zero attached hydrogens (tertiary/aromatic N) is 1. The first-order valence-corrected chi connectivity index (χ1v) is 8.91. The second kappa shape index (κ2) is 7.46. The van der Waals surface area contributed by atoms with Gasteiger partial charge in [-0.15, -0.1) is 0 Å². The zero-order chi connectivity index (χ0) is 13.6. The Morgan fingerprint density at radius 2 is 2.11 bits per heavy atom. The van der Waals surface area contributed by atoms with Crippen LogP contribution in [-0.2, 0) is 9.84 Å². The number of hydrogen-bond donors (Lipinski definition) is 1. The van der Waals surface area contributed by atoms with Crippen LogP contribution < -0.4 is 5.32 Å². The van der Waals surface area contributed by atoms with Crippen molar-refractivity contribution in [3.63, 3.8) is 0 Å². The minimum absolute atomic E-state index is 0.263.